The Morgan fingerprint density at radius 3 is 2.30 bits per heavy atom. The Morgan fingerprint density at radius 2 is 1.74 bits per heavy atom. The first kappa shape index (κ1) is 21.2. The van der Waals surface area contributed by atoms with E-state index < -0.39 is 11.7 Å². The molecule has 1 amide bonds. The number of hydrazine groups is 1. The molecule has 0 bridgehead atoms. The molecule has 6 heteroatoms. The number of carbonyl (C=O) groups excluding carboxylic acids is 2. The smallest absolute Gasteiger partial charge is 0.422 e. The van der Waals surface area contributed by atoms with Crippen LogP contribution < -0.4 is 5.43 Å². The maximum absolute atomic E-state index is 12.3. The summed E-state index contributed by atoms with van der Waals surface area (Å²) >= 11 is 0. The summed E-state index contributed by atoms with van der Waals surface area (Å²) in [7, 11) is 0. The van der Waals surface area contributed by atoms with Crippen LogP contribution in [0.5, 0.6) is 0 Å². The number of benzene rings is 1. The van der Waals surface area contributed by atoms with Crippen molar-refractivity contribution in [3.63, 3.8) is 0 Å². The predicted octanol–water partition coefficient (Wildman–Crippen LogP) is 4.05. The van der Waals surface area contributed by atoms with Crippen molar-refractivity contribution in [2.75, 3.05) is 6.61 Å². The highest BCUT2D eigenvalue weighted by Gasteiger charge is 2.31. The highest BCUT2D eigenvalue weighted by Crippen LogP contribution is 2.29. The second-order valence-electron chi connectivity index (χ2n) is 7.98. The molecule has 150 valence electrons. The first-order valence-electron chi connectivity index (χ1n) is 9.75. The normalized spacial score (nSPS) is 20.2. The molecule has 1 saturated carbocycles. The van der Waals surface area contributed by atoms with Crippen LogP contribution in [0, 0.1) is 5.92 Å². The molecular weight excluding hydrogens is 344 g/mol. The lowest BCUT2D eigenvalue weighted by atomic mass is 9.85. The zero-order valence-electron chi connectivity index (χ0n) is 16.9. The van der Waals surface area contributed by atoms with E-state index in [4.69, 9.17) is 9.47 Å². The highest BCUT2D eigenvalue weighted by atomic mass is 16.6. The molecule has 1 aliphatic carbocycles. The lowest BCUT2D eigenvalue weighted by Gasteiger charge is -2.36. The van der Waals surface area contributed by atoms with E-state index in [1.54, 1.807) is 0 Å². The number of hydrogen-bond acceptors (Lipinski definition) is 5. The van der Waals surface area contributed by atoms with E-state index in [0.29, 0.717) is 13.2 Å². The molecule has 2 rings (SSSR count). The second-order valence-corrected chi connectivity index (χ2v) is 7.98. The summed E-state index contributed by atoms with van der Waals surface area (Å²) in [5, 5.41) is 1.95. The van der Waals surface area contributed by atoms with Crippen LogP contribution in [0.4, 0.5) is 4.79 Å². The maximum Gasteiger partial charge on any atom is 0.422 e. The summed E-state index contributed by atoms with van der Waals surface area (Å²) in [6.07, 6.45) is 2.74. The summed E-state index contributed by atoms with van der Waals surface area (Å²) in [6, 6.07) is 10.2. The van der Waals surface area contributed by atoms with Gasteiger partial charge in [-0.2, -0.15) is 0 Å². The van der Waals surface area contributed by atoms with Crippen molar-refractivity contribution in [2.24, 2.45) is 5.92 Å². The van der Waals surface area contributed by atoms with Crippen molar-refractivity contribution in [3.05, 3.63) is 35.9 Å². The molecule has 0 aliphatic heterocycles. The number of hydrogen-bond donors (Lipinski definition) is 1. The van der Waals surface area contributed by atoms with Crippen LogP contribution in [0.15, 0.2) is 30.3 Å². The van der Waals surface area contributed by atoms with Crippen LogP contribution in [0.2, 0.25) is 0 Å². The standard InChI is InChI=1S/C21H32N2O4/c1-5-26-19(24)17-11-13-18(14-12-17)23(15-16-9-7-6-8-10-16)22-20(25)27-21(2,3)4/h6-10,17-18H,5,11-15H2,1-4H3,(H,22,25). The summed E-state index contributed by atoms with van der Waals surface area (Å²) < 4.78 is 10.6. The molecule has 0 spiro atoms. The lowest BCUT2D eigenvalue weighted by Crippen LogP contribution is -2.50. The fourth-order valence-electron chi connectivity index (χ4n) is 3.34. The second kappa shape index (κ2) is 9.74. The molecular formula is C21H32N2O4. The van der Waals surface area contributed by atoms with Gasteiger partial charge in [0, 0.05) is 12.6 Å². The molecule has 1 N–H and O–H groups in total. The Kier molecular flexibility index (Phi) is 7.66. The molecule has 0 unspecified atom stereocenters. The van der Waals surface area contributed by atoms with Gasteiger partial charge in [0.15, 0.2) is 0 Å². The van der Waals surface area contributed by atoms with E-state index in [1.165, 1.54) is 0 Å². The van der Waals surface area contributed by atoms with E-state index in [-0.39, 0.29) is 17.9 Å². The molecule has 1 aliphatic rings. The van der Waals surface area contributed by atoms with E-state index in [1.807, 2.05) is 63.0 Å². The largest absolute Gasteiger partial charge is 0.466 e. The first-order valence-corrected chi connectivity index (χ1v) is 9.75. The topological polar surface area (TPSA) is 67.9 Å². The number of nitrogens with one attached hydrogen (secondary N) is 1. The van der Waals surface area contributed by atoms with E-state index >= 15 is 0 Å². The van der Waals surface area contributed by atoms with Crippen LogP contribution >= 0.6 is 0 Å². The third-order valence-corrected chi connectivity index (χ3v) is 4.59. The van der Waals surface area contributed by atoms with Crippen LogP contribution in [0.3, 0.4) is 0 Å². The van der Waals surface area contributed by atoms with Gasteiger partial charge < -0.3 is 9.47 Å². The molecule has 0 saturated heterocycles. The Morgan fingerprint density at radius 1 is 1.11 bits per heavy atom. The van der Waals surface area contributed by atoms with Gasteiger partial charge in [-0.25, -0.2) is 9.80 Å². The Labute approximate surface area is 162 Å². The van der Waals surface area contributed by atoms with Crippen LogP contribution in [0.25, 0.3) is 0 Å². The van der Waals surface area contributed by atoms with Crippen molar-refractivity contribution in [2.45, 2.75) is 71.6 Å². The number of nitrogens with zero attached hydrogens (tertiary/aromatic N) is 1. The summed E-state index contributed by atoms with van der Waals surface area (Å²) in [6.45, 7) is 8.37. The number of rotatable bonds is 6. The van der Waals surface area contributed by atoms with Gasteiger partial charge in [-0.3, -0.25) is 10.2 Å². The van der Waals surface area contributed by atoms with Gasteiger partial charge >= 0.3 is 12.1 Å². The van der Waals surface area contributed by atoms with Crippen molar-refractivity contribution < 1.29 is 19.1 Å². The average Bonchev–Trinajstić information content (AvgIpc) is 2.61. The minimum absolute atomic E-state index is 0.0405. The summed E-state index contributed by atoms with van der Waals surface area (Å²) in [5.41, 5.74) is 3.48. The quantitative estimate of drug-likeness (QED) is 0.599. The molecule has 1 fully saturated rings. The fraction of sp³-hybridized carbons (Fsp3) is 0.619. The molecule has 0 heterocycles. The van der Waals surface area contributed by atoms with Gasteiger partial charge in [-0.1, -0.05) is 30.3 Å². The lowest BCUT2D eigenvalue weighted by molar-refractivity contribution is -0.149. The average molecular weight is 376 g/mol. The van der Waals surface area contributed by atoms with Crippen LogP contribution in [-0.2, 0) is 20.8 Å². The van der Waals surface area contributed by atoms with Crippen molar-refractivity contribution >= 4 is 12.1 Å². The molecule has 6 nitrogen and oxygen atoms in total. The molecule has 27 heavy (non-hydrogen) atoms. The molecule has 0 radical (unpaired) electrons. The highest BCUT2D eigenvalue weighted by molar-refractivity contribution is 5.72. The van der Waals surface area contributed by atoms with Gasteiger partial charge in [-0.05, 0) is 58.9 Å². The van der Waals surface area contributed by atoms with Gasteiger partial charge in [0.05, 0.1) is 12.5 Å². The Balaban J connectivity index is 2.01. The van der Waals surface area contributed by atoms with Crippen LogP contribution in [0.1, 0.15) is 58.9 Å². The summed E-state index contributed by atoms with van der Waals surface area (Å²) in [5.74, 6) is -0.146. The maximum atomic E-state index is 12.3. The third-order valence-electron chi connectivity index (χ3n) is 4.59. The van der Waals surface area contributed by atoms with E-state index in [0.717, 1.165) is 31.2 Å². The predicted molar refractivity (Wildman–Crippen MR) is 104 cm³/mol. The number of ether oxygens (including phenoxy) is 2. The molecule has 1 aromatic carbocycles. The fourth-order valence-corrected chi connectivity index (χ4v) is 3.34. The summed E-state index contributed by atoms with van der Waals surface area (Å²) in [4.78, 5) is 24.3. The molecule has 0 atom stereocenters. The first-order chi connectivity index (χ1) is 12.8. The number of esters is 1. The minimum atomic E-state index is -0.552. The van der Waals surface area contributed by atoms with E-state index in [2.05, 4.69) is 5.43 Å². The van der Waals surface area contributed by atoms with Gasteiger partial charge in [-0.15, -0.1) is 0 Å². The van der Waals surface area contributed by atoms with E-state index in [9.17, 15) is 9.59 Å². The van der Waals surface area contributed by atoms with Gasteiger partial charge in [0.1, 0.15) is 5.60 Å². The number of carbonyl (C=O) groups is 2. The van der Waals surface area contributed by atoms with Crippen molar-refractivity contribution in [1.82, 2.24) is 10.4 Å². The van der Waals surface area contributed by atoms with Crippen LogP contribution in [-0.4, -0.2) is 35.3 Å². The number of amides is 1. The minimum Gasteiger partial charge on any atom is -0.466 e. The van der Waals surface area contributed by atoms with Gasteiger partial charge in [0.2, 0.25) is 0 Å². The van der Waals surface area contributed by atoms with Crippen molar-refractivity contribution in [3.8, 4) is 0 Å². The molecule has 1 aromatic rings. The Hall–Kier alpha value is -2.08. The molecule has 0 aromatic heterocycles. The van der Waals surface area contributed by atoms with Gasteiger partial charge in [0.25, 0.3) is 0 Å². The monoisotopic (exact) mass is 376 g/mol. The SMILES string of the molecule is CCOC(=O)C1CCC(N(Cc2ccccc2)NC(=O)OC(C)(C)C)CC1. The zero-order valence-corrected chi connectivity index (χ0v) is 16.9. The zero-order chi connectivity index (χ0) is 19.9. The van der Waals surface area contributed by atoms with Crippen molar-refractivity contribution in [1.29, 1.82) is 0 Å². The Bertz CT molecular complexity index is 604. The third kappa shape index (κ3) is 7.21.